The Labute approximate surface area is 209 Å². The highest BCUT2D eigenvalue weighted by Crippen LogP contribution is 2.34. The van der Waals surface area contributed by atoms with E-state index < -0.39 is 10.0 Å². The number of anilines is 2. The minimum atomic E-state index is -3.87. The predicted molar refractivity (Wildman–Crippen MR) is 141 cm³/mol. The van der Waals surface area contributed by atoms with Gasteiger partial charge < -0.3 is 14.8 Å². The number of amides is 1. The zero-order chi connectivity index (χ0) is 25.2. The van der Waals surface area contributed by atoms with Gasteiger partial charge in [-0.05, 0) is 73.3 Å². The Bertz CT molecular complexity index is 1490. The van der Waals surface area contributed by atoms with Crippen LogP contribution in [-0.2, 0) is 10.0 Å². The van der Waals surface area contributed by atoms with Gasteiger partial charge in [0, 0.05) is 11.7 Å². The van der Waals surface area contributed by atoms with Gasteiger partial charge in [-0.2, -0.15) is 0 Å². The number of sulfonamides is 1. The summed E-state index contributed by atoms with van der Waals surface area (Å²) in [6.07, 6.45) is 0. The van der Waals surface area contributed by atoms with Gasteiger partial charge in [-0.25, -0.2) is 8.42 Å². The normalized spacial score (nSPS) is 11.3. The van der Waals surface area contributed by atoms with Gasteiger partial charge in [-0.1, -0.05) is 18.2 Å². The number of hydrogen-bond acceptors (Lipinski definition) is 6. The van der Waals surface area contributed by atoms with Crippen LogP contribution in [0.15, 0.2) is 71.6 Å². The van der Waals surface area contributed by atoms with E-state index in [1.54, 1.807) is 48.5 Å². The van der Waals surface area contributed by atoms with Crippen molar-refractivity contribution in [2.24, 2.45) is 0 Å². The minimum Gasteiger partial charge on any atom is -0.495 e. The van der Waals surface area contributed by atoms with Crippen LogP contribution in [0.4, 0.5) is 11.4 Å². The summed E-state index contributed by atoms with van der Waals surface area (Å²) < 4.78 is 39.7. The molecular weight excluding hydrogens is 484 g/mol. The van der Waals surface area contributed by atoms with E-state index >= 15 is 0 Å². The Morgan fingerprint density at radius 3 is 2.54 bits per heavy atom. The first-order chi connectivity index (χ1) is 16.7. The molecule has 0 bridgehead atoms. The largest absolute Gasteiger partial charge is 0.495 e. The van der Waals surface area contributed by atoms with Gasteiger partial charge in [0.25, 0.3) is 15.9 Å². The van der Waals surface area contributed by atoms with E-state index in [0.29, 0.717) is 28.6 Å². The van der Waals surface area contributed by atoms with E-state index in [0.717, 1.165) is 15.6 Å². The lowest BCUT2D eigenvalue weighted by molar-refractivity contribution is 0.103. The SMILES string of the molecule is CCOc1ccccc1NC(=O)c1cc2cc(N(C)S(=O)(=O)c3cc(C)ccc3OC)ccc2s1. The van der Waals surface area contributed by atoms with Crippen LogP contribution in [-0.4, -0.2) is 35.1 Å². The first-order valence-electron chi connectivity index (χ1n) is 10.9. The number of nitrogens with zero attached hydrogens (tertiary/aromatic N) is 1. The molecule has 9 heteroatoms. The van der Waals surface area contributed by atoms with Crippen molar-refractivity contribution >= 4 is 48.7 Å². The number of thiophene rings is 1. The second kappa shape index (κ2) is 9.97. The van der Waals surface area contributed by atoms with Crippen molar-refractivity contribution in [3.05, 3.63) is 77.2 Å². The van der Waals surface area contributed by atoms with Crippen molar-refractivity contribution in [2.75, 3.05) is 30.4 Å². The summed E-state index contributed by atoms with van der Waals surface area (Å²) in [5, 5.41) is 3.67. The fourth-order valence-electron chi connectivity index (χ4n) is 3.65. The van der Waals surface area contributed by atoms with E-state index in [1.165, 1.54) is 29.8 Å². The molecule has 1 N–H and O–H groups in total. The number of rotatable bonds is 8. The number of aryl methyl sites for hydroxylation is 1. The molecule has 35 heavy (non-hydrogen) atoms. The van der Waals surface area contributed by atoms with Crippen LogP contribution in [0.1, 0.15) is 22.2 Å². The Morgan fingerprint density at radius 1 is 1.03 bits per heavy atom. The molecule has 0 atom stereocenters. The topological polar surface area (TPSA) is 84.9 Å². The Hall–Kier alpha value is -3.56. The van der Waals surface area contributed by atoms with Crippen molar-refractivity contribution < 1.29 is 22.7 Å². The second-order valence-electron chi connectivity index (χ2n) is 7.84. The van der Waals surface area contributed by atoms with Crippen molar-refractivity contribution in [1.29, 1.82) is 0 Å². The number of carbonyl (C=O) groups excluding carboxylic acids is 1. The van der Waals surface area contributed by atoms with E-state index in [-0.39, 0.29) is 16.6 Å². The molecule has 182 valence electrons. The summed E-state index contributed by atoms with van der Waals surface area (Å²) in [6.45, 7) is 4.20. The Morgan fingerprint density at radius 2 is 1.80 bits per heavy atom. The Balaban J connectivity index is 1.63. The first-order valence-corrected chi connectivity index (χ1v) is 13.2. The zero-order valence-corrected chi connectivity index (χ0v) is 21.5. The molecule has 3 aromatic carbocycles. The molecule has 4 aromatic rings. The summed E-state index contributed by atoms with van der Waals surface area (Å²) in [5.74, 6) is 0.626. The predicted octanol–water partition coefficient (Wildman–Crippen LogP) is 5.69. The van der Waals surface area contributed by atoms with Crippen LogP contribution < -0.4 is 19.1 Å². The fraction of sp³-hybridized carbons (Fsp3) is 0.192. The number of ether oxygens (including phenoxy) is 2. The molecule has 7 nitrogen and oxygen atoms in total. The summed E-state index contributed by atoms with van der Waals surface area (Å²) >= 11 is 1.34. The molecule has 0 saturated carbocycles. The highest BCUT2D eigenvalue weighted by atomic mass is 32.2. The van der Waals surface area contributed by atoms with Crippen LogP contribution in [0.2, 0.25) is 0 Å². The van der Waals surface area contributed by atoms with Gasteiger partial charge in [-0.3, -0.25) is 9.10 Å². The van der Waals surface area contributed by atoms with Gasteiger partial charge in [0.05, 0.1) is 30.0 Å². The maximum atomic E-state index is 13.4. The van der Waals surface area contributed by atoms with Crippen molar-refractivity contribution in [2.45, 2.75) is 18.7 Å². The number of nitrogens with one attached hydrogen (secondary N) is 1. The van der Waals surface area contributed by atoms with Crippen LogP contribution in [0.25, 0.3) is 10.1 Å². The highest BCUT2D eigenvalue weighted by molar-refractivity contribution is 7.93. The van der Waals surface area contributed by atoms with Gasteiger partial charge in [0.2, 0.25) is 0 Å². The molecule has 0 aliphatic rings. The summed E-state index contributed by atoms with van der Waals surface area (Å²) in [5.41, 5.74) is 1.88. The minimum absolute atomic E-state index is 0.0981. The first kappa shape index (κ1) is 24.6. The molecule has 0 spiro atoms. The van der Waals surface area contributed by atoms with Gasteiger partial charge in [0.1, 0.15) is 16.4 Å². The summed E-state index contributed by atoms with van der Waals surface area (Å²) in [7, 11) is -0.920. The third kappa shape index (κ3) is 4.96. The molecule has 0 radical (unpaired) electrons. The molecule has 0 aliphatic heterocycles. The van der Waals surface area contributed by atoms with Gasteiger partial charge in [0.15, 0.2) is 0 Å². The molecule has 0 aliphatic carbocycles. The number of hydrogen-bond donors (Lipinski definition) is 1. The molecule has 0 saturated heterocycles. The number of benzene rings is 3. The monoisotopic (exact) mass is 510 g/mol. The maximum absolute atomic E-state index is 13.4. The molecular formula is C26H26N2O5S2. The lowest BCUT2D eigenvalue weighted by atomic mass is 10.2. The average Bonchev–Trinajstić information content (AvgIpc) is 3.28. The lowest BCUT2D eigenvalue weighted by Gasteiger charge is -2.21. The smallest absolute Gasteiger partial charge is 0.267 e. The molecule has 0 unspecified atom stereocenters. The quantitative estimate of drug-likeness (QED) is 0.329. The molecule has 0 fully saturated rings. The highest BCUT2D eigenvalue weighted by Gasteiger charge is 2.26. The number of methoxy groups -OCH3 is 1. The van der Waals surface area contributed by atoms with Crippen LogP contribution >= 0.6 is 11.3 Å². The summed E-state index contributed by atoms with van der Waals surface area (Å²) in [6, 6.07) is 19.4. The number of para-hydroxylation sites is 2. The summed E-state index contributed by atoms with van der Waals surface area (Å²) in [4.78, 5) is 13.5. The van der Waals surface area contributed by atoms with Gasteiger partial charge in [-0.15, -0.1) is 11.3 Å². The van der Waals surface area contributed by atoms with Gasteiger partial charge >= 0.3 is 0 Å². The van der Waals surface area contributed by atoms with Crippen molar-refractivity contribution in [1.82, 2.24) is 0 Å². The molecule has 1 heterocycles. The Kier molecular flexibility index (Phi) is 7.00. The van der Waals surface area contributed by atoms with E-state index in [1.807, 2.05) is 32.0 Å². The van der Waals surface area contributed by atoms with Crippen molar-refractivity contribution in [3.63, 3.8) is 0 Å². The molecule has 4 rings (SSSR count). The molecule has 1 aromatic heterocycles. The van der Waals surface area contributed by atoms with E-state index in [4.69, 9.17) is 9.47 Å². The number of fused-ring (bicyclic) bond motifs is 1. The lowest BCUT2D eigenvalue weighted by Crippen LogP contribution is -2.27. The van der Waals surface area contributed by atoms with Crippen LogP contribution in [0.5, 0.6) is 11.5 Å². The number of carbonyl (C=O) groups is 1. The average molecular weight is 511 g/mol. The van der Waals surface area contributed by atoms with Crippen LogP contribution in [0.3, 0.4) is 0 Å². The molecule has 1 amide bonds. The van der Waals surface area contributed by atoms with E-state index in [9.17, 15) is 13.2 Å². The van der Waals surface area contributed by atoms with E-state index in [2.05, 4.69) is 5.32 Å². The third-order valence-corrected chi connectivity index (χ3v) is 8.40. The van der Waals surface area contributed by atoms with Crippen molar-refractivity contribution in [3.8, 4) is 11.5 Å². The maximum Gasteiger partial charge on any atom is 0.267 e. The fourth-order valence-corrected chi connectivity index (χ4v) is 6.01. The third-order valence-electron chi connectivity index (χ3n) is 5.48. The van der Waals surface area contributed by atoms with Crippen LogP contribution in [0, 0.1) is 6.92 Å². The standard InChI is InChI=1S/C26H26N2O5S2/c1-5-33-21-9-7-6-8-20(21)27-26(29)24-16-18-15-19(11-13-23(18)34-24)28(3)35(30,31)25-14-17(2)10-12-22(25)32-4/h6-16H,5H2,1-4H3,(H,27,29). The second-order valence-corrected chi connectivity index (χ2v) is 10.9. The zero-order valence-electron chi connectivity index (χ0n) is 19.9.